The van der Waals surface area contributed by atoms with Gasteiger partial charge in [0.05, 0.1) is 6.10 Å². The highest BCUT2D eigenvalue weighted by Gasteiger charge is 2.08. The number of aliphatic hydroxyl groups is 1. The maximum absolute atomic E-state index is 11.6. The zero-order valence-electron chi connectivity index (χ0n) is 11.0. The van der Waals surface area contributed by atoms with Gasteiger partial charge < -0.3 is 10.4 Å². The lowest BCUT2D eigenvalue weighted by molar-refractivity contribution is -0.117. The Bertz CT molecular complexity index is 398. The molecule has 0 aliphatic heterocycles. The van der Waals surface area contributed by atoms with Crippen molar-refractivity contribution in [3.8, 4) is 0 Å². The SMILES string of the molecule is CC/C=C(/C)C(=O)NCC(O)Cc1ccccc1. The fourth-order valence-electron chi connectivity index (χ4n) is 1.71. The van der Waals surface area contributed by atoms with E-state index in [0.717, 1.165) is 12.0 Å². The van der Waals surface area contributed by atoms with Gasteiger partial charge in [-0.2, -0.15) is 0 Å². The third-order valence-electron chi connectivity index (χ3n) is 2.68. The largest absolute Gasteiger partial charge is 0.391 e. The molecule has 18 heavy (non-hydrogen) atoms. The number of hydrogen-bond donors (Lipinski definition) is 2. The summed E-state index contributed by atoms with van der Waals surface area (Å²) in [6.07, 6.45) is 2.72. The van der Waals surface area contributed by atoms with Gasteiger partial charge in [-0.05, 0) is 18.9 Å². The predicted octanol–water partition coefficient (Wildman–Crippen LogP) is 2.06. The number of hydrogen-bond acceptors (Lipinski definition) is 2. The number of allylic oxidation sites excluding steroid dienone is 1. The molecule has 3 nitrogen and oxygen atoms in total. The van der Waals surface area contributed by atoms with Crippen LogP contribution in [-0.2, 0) is 11.2 Å². The first-order chi connectivity index (χ1) is 8.63. The van der Waals surface area contributed by atoms with Gasteiger partial charge in [-0.25, -0.2) is 0 Å². The number of carbonyl (C=O) groups excluding carboxylic acids is 1. The summed E-state index contributed by atoms with van der Waals surface area (Å²) in [5.74, 6) is -0.107. The van der Waals surface area contributed by atoms with Gasteiger partial charge in [0, 0.05) is 18.5 Å². The Morgan fingerprint density at radius 1 is 1.39 bits per heavy atom. The van der Waals surface area contributed by atoms with Crippen LogP contribution < -0.4 is 5.32 Å². The van der Waals surface area contributed by atoms with Crippen molar-refractivity contribution in [1.82, 2.24) is 5.32 Å². The summed E-state index contributed by atoms with van der Waals surface area (Å²) >= 11 is 0. The molecule has 0 saturated carbocycles. The second kappa shape index (κ2) is 7.67. The Morgan fingerprint density at radius 3 is 2.67 bits per heavy atom. The lowest BCUT2D eigenvalue weighted by atomic mass is 10.1. The minimum Gasteiger partial charge on any atom is -0.391 e. The van der Waals surface area contributed by atoms with Crippen molar-refractivity contribution in [3.63, 3.8) is 0 Å². The van der Waals surface area contributed by atoms with E-state index in [1.807, 2.05) is 43.3 Å². The van der Waals surface area contributed by atoms with E-state index in [1.54, 1.807) is 6.92 Å². The zero-order chi connectivity index (χ0) is 13.4. The molecule has 0 bridgehead atoms. The van der Waals surface area contributed by atoms with E-state index >= 15 is 0 Å². The molecule has 0 aliphatic rings. The summed E-state index contributed by atoms with van der Waals surface area (Å²) < 4.78 is 0. The van der Waals surface area contributed by atoms with Crippen LogP contribution in [0.1, 0.15) is 25.8 Å². The Morgan fingerprint density at radius 2 is 2.06 bits per heavy atom. The van der Waals surface area contributed by atoms with E-state index in [1.165, 1.54) is 0 Å². The number of benzene rings is 1. The Balaban J connectivity index is 2.36. The number of nitrogens with one attached hydrogen (secondary N) is 1. The van der Waals surface area contributed by atoms with Gasteiger partial charge in [0.25, 0.3) is 0 Å². The summed E-state index contributed by atoms with van der Waals surface area (Å²) in [5, 5.41) is 12.6. The highest BCUT2D eigenvalue weighted by atomic mass is 16.3. The molecule has 0 spiro atoms. The summed E-state index contributed by atoms with van der Waals surface area (Å²) in [6, 6.07) is 9.75. The van der Waals surface area contributed by atoms with Crippen LogP contribution in [0.15, 0.2) is 42.0 Å². The Hall–Kier alpha value is -1.61. The summed E-state index contributed by atoms with van der Waals surface area (Å²) in [6.45, 7) is 4.05. The number of rotatable bonds is 6. The molecule has 1 aromatic carbocycles. The van der Waals surface area contributed by atoms with Crippen LogP contribution >= 0.6 is 0 Å². The maximum atomic E-state index is 11.6. The third-order valence-corrected chi connectivity index (χ3v) is 2.68. The van der Waals surface area contributed by atoms with Crippen LogP contribution in [0.3, 0.4) is 0 Å². The average Bonchev–Trinajstić information content (AvgIpc) is 2.37. The molecule has 1 amide bonds. The standard InChI is InChI=1S/C15H21NO2/c1-3-7-12(2)15(18)16-11-14(17)10-13-8-5-4-6-9-13/h4-9,14,17H,3,10-11H2,1-2H3,(H,16,18)/b12-7-. The molecule has 2 N–H and O–H groups in total. The van der Waals surface area contributed by atoms with Crippen molar-refractivity contribution in [3.05, 3.63) is 47.5 Å². The maximum Gasteiger partial charge on any atom is 0.246 e. The topological polar surface area (TPSA) is 49.3 Å². The Labute approximate surface area is 109 Å². The highest BCUT2D eigenvalue weighted by Crippen LogP contribution is 2.02. The van der Waals surface area contributed by atoms with Crippen molar-refractivity contribution in [2.24, 2.45) is 0 Å². The van der Waals surface area contributed by atoms with E-state index in [-0.39, 0.29) is 12.5 Å². The molecule has 0 radical (unpaired) electrons. The molecule has 1 rings (SSSR count). The second-order valence-corrected chi connectivity index (χ2v) is 4.35. The van der Waals surface area contributed by atoms with Crippen molar-refractivity contribution in [2.45, 2.75) is 32.8 Å². The van der Waals surface area contributed by atoms with Crippen LogP contribution in [0.4, 0.5) is 0 Å². The van der Waals surface area contributed by atoms with Crippen molar-refractivity contribution < 1.29 is 9.90 Å². The molecule has 0 aromatic heterocycles. The van der Waals surface area contributed by atoms with E-state index in [0.29, 0.717) is 12.0 Å². The second-order valence-electron chi connectivity index (χ2n) is 4.35. The number of amides is 1. The van der Waals surface area contributed by atoms with Crippen LogP contribution in [-0.4, -0.2) is 23.7 Å². The van der Waals surface area contributed by atoms with Crippen molar-refractivity contribution in [2.75, 3.05) is 6.54 Å². The van der Waals surface area contributed by atoms with Gasteiger partial charge >= 0.3 is 0 Å². The van der Waals surface area contributed by atoms with Gasteiger partial charge in [-0.1, -0.05) is 43.3 Å². The summed E-state index contributed by atoms with van der Waals surface area (Å²) in [5.41, 5.74) is 1.77. The average molecular weight is 247 g/mol. The first-order valence-electron chi connectivity index (χ1n) is 6.30. The molecule has 0 saturated heterocycles. The van der Waals surface area contributed by atoms with Crippen LogP contribution in [0.5, 0.6) is 0 Å². The van der Waals surface area contributed by atoms with Crippen LogP contribution in [0.25, 0.3) is 0 Å². The fraction of sp³-hybridized carbons (Fsp3) is 0.400. The lowest BCUT2D eigenvalue weighted by Gasteiger charge is -2.12. The van der Waals surface area contributed by atoms with Gasteiger partial charge in [0.1, 0.15) is 0 Å². The minimum absolute atomic E-state index is 0.107. The highest BCUT2D eigenvalue weighted by molar-refractivity contribution is 5.92. The van der Waals surface area contributed by atoms with E-state index in [9.17, 15) is 9.90 Å². The Kier molecular flexibility index (Phi) is 6.15. The molecule has 98 valence electrons. The molecule has 0 aliphatic carbocycles. The predicted molar refractivity (Wildman–Crippen MR) is 73.2 cm³/mol. The monoisotopic (exact) mass is 247 g/mol. The molecule has 0 heterocycles. The van der Waals surface area contributed by atoms with Crippen LogP contribution in [0.2, 0.25) is 0 Å². The quantitative estimate of drug-likeness (QED) is 0.756. The first-order valence-corrected chi connectivity index (χ1v) is 6.30. The number of carbonyl (C=O) groups is 1. The molecule has 1 aromatic rings. The number of aliphatic hydroxyl groups excluding tert-OH is 1. The minimum atomic E-state index is -0.550. The smallest absolute Gasteiger partial charge is 0.246 e. The lowest BCUT2D eigenvalue weighted by Crippen LogP contribution is -2.33. The molecule has 1 atom stereocenters. The van der Waals surface area contributed by atoms with E-state index < -0.39 is 6.10 Å². The molecular formula is C15H21NO2. The van der Waals surface area contributed by atoms with E-state index in [4.69, 9.17) is 0 Å². The van der Waals surface area contributed by atoms with Gasteiger partial charge in [-0.3, -0.25) is 4.79 Å². The third kappa shape index (κ3) is 5.15. The van der Waals surface area contributed by atoms with E-state index in [2.05, 4.69) is 5.32 Å². The van der Waals surface area contributed by atoms with Crippen molar-refractivity contribution >= 4 is 5.91 Å². The zero-order valence-corrected chi connectivity index (χ0v) is 11.0. The van der Waals surface area contributed by atoms with Gasteiger partial charge in [0.15, 0.2) is 0 Å². The summed E-state index contributed by atoms with van der Waals surface area (Å²) in [4.78, 5) is 11.6. The summed E-state index contributed by atoms with van der Waals surface area (Å²) in [7, 11) is 0. The normalized spacial score (nSPS) is 13.2. The molecule has 0 fully saturated rings. The van der Waals surface area contributed by atoms with Gasteiger partial charge in [0.2, 0.25) is 5.91 Å². The molecular weight excluding hydrogens is 226 g/mol. The fourth-order valence-corrected chi connectivity index (χ4v) is 1.71. The van der Waals surface area contributed by atoms with Gasteiger partial charge in [-0.15, -0.1) is 0 Å². The first kappa shape index (κ1) is 14.5. The molecule has 3 heteroatoms. The molecule has 1 unspecified atom stereocenters. The van der Waals surface area contributed by atoms with Crippen LogP contribution in [0, 0.1) is 0 Å². The van der Waals surface area contributed by atoms with Crippen molar-refractivity contribution in [1.29, 1.82) is 0 Å².